The molecule has 2 aromatic heterocycles. The van der Waals surface area contributed by atoms with Crippen LogP contribution in [0.2, 0.25) is 0 Å². The maximum atomic E-state index is 12.6. The molecule has 4 rings (SSSR count). The summed E-state index contributed by atoms with van der Waals surface area (Å²) in [5.74, 6) is -0.00839. The van der Waals surface area contributed by atoms with Gasteiger partial charge in [-0.1, -0.05) is 12.1 Å². The van der Waals surface area contributed by atoms with E-state index in [0.717, 1.165) is 31.4 Å². The number of aryl methyl sites for hydroxylation is 2. The molecular formula is C20H20N2O4S. The Hall–Kier alpha value is -2.67. The molecule has 140 valence electrons. The lowest BCUT2D eigenvalue weighted by Gasteiger charge is -2.10. The summed E-state index contributed by atoms with van der Waals surface area (Å²) < 4.78 is 12.6. The van der Waals surface area contributed by atoms with Crippen LogP contribution in [0.25, 0.3) is 4.96 Å². The summed E-state index contributed by atoms with van der Waals surface area (Å²) >= 11 is 1.56. The zero-order valence-electron chi connectivity index (χ0n) is 15.1. The maximum absolute atomic E-state index is 12.6. The number of nitrogens with zero attached hydrogens (tertiary/aromatic N) is 2. The van der Waals surface area contributed by atoms with E-state index in [1.54, 1.807) is 40.0 Å². The lowest BCUT2D eigenvalue weighted by Crippen LogP contribution is -2.18. The number of benzene rings is 1. The number of esters is 1. The van der Waals surface area contributed by atoms with Gasteiger partial charge in [0, 0.05) is 16.6 Å². The van der Waals surface area contributed by atoms with E-state index in [9.17, 15) is 9.59 Å². The van der Waals surface area contributed by atoms with E-state index < -0.39 is 5.97 Å². The van der Waals surface area contributed by atoms with Crippen molar-refractivity contribution < 1.29 is 14.3 Å². The van der Waals surface area contributed by atoms with Crippen LogP contribution in [0.1, 0.15) is 46.4 Å². The summed E-state index contributed by atoms with van der Waals surface area (Å²) in [6, 6.07) is 8.40. The van der Waals surface area contributed by atoms with Crippen molar-refractivity contribution in [3.8, 4) is 5.75 Å². The molecule has 0 unspecified atom stereocenters. The number of rotatable bonds is 5. The van der Waals surface area contributed by atoms with Gasteiger partial charge >= 0.3 is 5.97 Å². The molecule has 1 aromatic carbocycles. The third-order valence-electron chi connectivity index (χ3n) is 4.57. The fourth-order valence-corrected chi connectivity index (χ4v) is 4.58. The van der Waals surface area contributed by atoms with Gasteiger partial charge in [0.2, 0.25) is 0 Å². The van der Waals surface area contributed by atoms with Gasteiger partial charge in [-0.25, -0.2) is 9.78 Å². The van der Waals surface area contributed by atoms with Gasteiger partial charge in [-0.05, 0) is 44.7 Å². The number of thiazole rings is 1. The largest absolute Gasteiger partial charge is 0.493 e. The number of carbonyl (C=O) groups excluding carboxylic acids is 1. The topological polar surface area (TPSA) is 69.9 Å². The van der Waals surface area contributed by atoms with Crippen molar-refractivity contribution in [1.82, 2.24) is 9.38 Å². The van der Waals surface area contributed by atoms with Crippen molar-refractivity contribution in [2.45, 2.75) is 39.2 Å². The molecule has 6 nitrogen and oxygen atoms in total. The second kappa shape index (κ2) is 7.52. The van der Waals surface area contributed by atoms with E-state index in [1.807, 2.05) is 6.92 Å². The predicted molar refractivity (Wildman–Crippen MR) is 103 cm³/mol. The first-order valence-electron chi connectivity index (χ1n) is 9.09. The van der Waals surface area contributed by atoms with E-state index in [-0.39, 0.29) is 12.2 Å². The first kappa shape index (κ1) is 17.7. The Kier molecular flexibility index (Phi) is 4.94. The standard InChI is InChI=1S/C20H20N2O4S/c1-2-25-16-9-5-3-7-14(16)19(24)26-12-13-11-18(23)22-15-8-4-6-10-17(15)27-20(22)21-13/h3,5,7,9,11H,2,4,6,8,10,12H2,1H3. The van der Waals surface area contributed by atoms with Crippen molar-refractivity contribution >= 4 is 22.3 Å². The van der Waals surface area contributed by atoms with Crippen LogP contribution in [0.4, 0.5) is 0 Å². The predicted octanol–water partition coefficient (Wildman–Crippen LogP) is 3.39. The lowest BCUT2D eigenvalue weighted by molar-refractivity contribution is 0.0463. The minimum absolute atomic E-state index is 0.0480. The quantitative estimate of drug-likeness (QED) is 0.631. The molecule has 0 saturated carbocycles. The fraction of sp³-hybridized carbons (Fsp3) is 0.350. The van der Waals surface area contributed by atoms with Crippen LogP contribution in [0.15, 0.2) is 35.1 Å². The van der Waals surface area contributed by atoms with Gasteiger partial charge in [0.1, 0.15) is 17.9 Å². The molecule has 0 N–H and O–H groups in total. The Labute approximate surface area is 160 Å². The highest BCUT2D eigenvalue weighted by Crippen LogP contribution is 2.28. The van der Waals surface area contributed by atoms with E-state index in [4.69, 9.17) is 9.47 Å². The molecule has 2 heterocycles. The molecule has 0 aliphatic heterocycles. The van der Waals surface area contributed by atoms with Crippen molar-refractivity contribution in [1.29, 1.82) is 0 Å². The Morgan fingerprint density at radius 3 is 2.93 bits per heavy atom. The van der Waals surface area contributed by atoms with Gasteiger partial charge in [0.15, 0.2) is 4.96 Å². The fourth-order valence-electron chi connectivity index (χ4n) is 3.35. The second-order valence-corrected chi connectivity index (χ2v) is 7.45. The van der Waals surface area contributed by atoms with Gasteiger partial charge in [-0.15, -0.1) is 11.3 Å². The summed E-state index contributed by atoms with van der Waals surface area (Å²) in [7, 11) is 0. The zero-order valence-corrected chi connectivity index (χ0v) is 15.9. The molecule has 27 heavy (non-hydrogen) atoms. The molecule has 3 aromatic rings. The maximum Gasteiger partial charge on any atom is 0.342 e. The highest BCUT2D eigenvalue weighted by molar-refractivity contribution is 7.17. The van der Waals surface area contributed by atoms with Crippen LogP contribution < -0.4 is 10.3 Å². The first-order chi connectivity index (χ1) is 13.2. The summed E-state index contributed by atoms with van der Waals surface area (Å²) in [6.45, 7) is 2.27. The Bertz CT molecular complexity index is 1050. The van der Waals surface area contributed by atoms with Crippen molar-refractivity contribution in [2.75, 3.05) is 6.61 Å². The molecule has 1 aliphatic rings. The number of ether oxygens (including phenoxy) is 2. The third-order valence-corrected chi connectivity index (χ3v) is 5.72. The number of hydrogen-bond donors (Lipinski definition) is 0. The third kappa shape index (κ3) is 3.47. The minimum atomic E-state index is -0.494. The number of para-hydroxylation sites is 1. The van der Waals surface area contributed by atoms with Crippen LogP contribution >= 0.6 is 11.3 Å². The van der Waals surface area contributed by atoms with E-state index in [1.165, 1.54) is 10.9 Å². The minimum Gasteiger partial charge on any atom is -0.493 e. The number of hydrogen-bond acceptors (Lipinski definition) is 6. The molecular weight excluding hydrogens is 364 g/mol. The van der Waals surface area contributed by atoms with Crippen LogP contribution in [-0.2, 0) is 24.2 Å². The molecule has 7 heteroatoms. The second-order valence-electron chi connectivity index (χ2n) is 6.39. The molecule has 0 spiro atoms. The van der Waals surface area contributed by atoms with Crippen LogP contribution in [0.5, 0.6) is 5.75 Å². The first-order valence-corrected chi connectivity index (χ1v) is 9.91. The van der Waals surface area contributed by atoms with Crippen LogP contribution in [-0.4, -0.2) is 22.0 Å². The summed E-state index contributed by atoms with van der Waals surface area (Å²) in [6.07, 6.45) is 4.17. The summed E-state index contributed by atoms with van der Waals surface area (Å²) in [4.78, 5) is 31.4. The molecule has 1 aliphatic carbocycles. The number of carbonyl (C=O) groups is 1. The Morgan fingerprint density at radius 2 is 2.07 bits per heavy atom. The monoisotopic (exact) mass is 384 g/mol. The van der Waals surface area contributed by atoms with E-state index in [2.05, 4.69) is 4.98 Å². The van der Waals surface area contributed by atoms with Gasteiger partial charge in [-0.3, -0.25) is 9.20 Å². The molecule has 0 amide bonds. The Morgan fingerprint density at radius 1 is 1.26 bits per heavy atom. The van der Waals surface area contributed by atoms with E-state index in [0.29, 0.717) is 28.6 Å². The van der Waals surface area contributed by atoms with Gasteiger partial charge in [0.25, 0.3) is 5.56 Å². The number of fused-ring (bicyclic) bond motifs is 3. The van der Waals surface area contributed by atoms with Crippen molar-refractivity contribution in [3.63, 3.8) is 0 Å². The highest BCUT2D eigenvalue weighted by atomic mass is 32.1. The molecule has 0 saturated heterocycles. The molecule has 0 bridgehead atoms. The van der Waals surface area contributed by atoms with E-state index >= 15 is 0 Å². The summed E-state index contributed by atoms with van der Waals surface area (Å²) in [5, 5.41) is 0. The average Bonchev–Trinajstić information content (AvgIpc) is 3.05. The van der Waals surface area contributed by atoms with Crippen molar-refractivity contribution in [2.24, 2.45) is 0 Å². The van der Waals surface area contributed by atoms with Gasteiger partial charge in [0.05, 0.1) is 12.3 Å². The SMILES string of the molecule is CCOc1ccccc1C(=O)OCc1cc(=O)n2c3c(sc2n1)CCCC3. The smallest absolute Gasteiger partial charge is 0.342 e. The molecule has 0 fully saturated rings. The van der Waals surface area contributed by atoms with Gasteiger partial charge < -0.3 is 9.47 Å². The highest BCUT2D eigenvalue weighted by Gasteiger charge is 2.19. The molecule has 0 atom stereocenters. The van der Waals surface area contributed by atoms with Crippen molar-refractivity contribution in [3.05, 3.63) is 62.5 Å². The van der Waals surface area contributed by atoms with Crippen LogP contribution in [0.3, 0.4) is 0 Å². The molecule has 0 radical (unpaired) electrons. The Balaban J connectivity index is 1.56. The normalized spacial score (nSPS) is 13.4. The van der Waals surface area contributed by atoms with Crippen LogP contribution in [0, 0.1) is 0 Å². The lowest BCUT2D eigenvalue weighted by atomic mass is 10.0. The number of aromatic nitrogens is 2. The zero-order chi connectivity index (χ0) is 18.8. The average molecular weight is 384 g/mol. The summed E-state index contributed by atoms with van der Waals surface area (Å²) in [5.41, 5.74) is 1.80. The van der Waals surface area contributed by atoms with Gasteiger partial charge in [-0.2, -0.15) is 0 Å².